The quantitative estimate of drug-likeness (QED) is 0.243. The number of imidazole rings is 1. The molecule has 4 heteroatoms. The van der Waals surface area contributed by atoms with E-state index >= 15 is 0 Å². The van der Waals surface area contributed by atoms with Crippen LogP contribution in [0.2, 0.25) is 0 Å². The summed E-state index contributed by atoms with van der Waals surface area (Å²) in [6.07, 6.45) is 9.55. The second kappa shape index (κ2) is 6.10. The van der Waals surface area contributed by atoms with Crippen LogP contribution >= 0.6 is 0 Å². The van der Waals surface area contributed by atoms with Crippen molar-refractivity contribution in [3.8, 4) is 22.3 Å². The SMILES string of the molecule is c1ccc2c(c1)Cc1cc3c(cc1-2)-c1ccc2c(nc4c5cnccc5c5ccncc5n24)c1C3. The lowest BCUT2D eigenvalue weighted by atomic mass is 9.98. The van der Waals surface area contributed by atoms with Gasteiger partial charge in [0.15, 0.2) is 0 Å². The Hall–Kier alpha value is -4.57. The smallest absolute Gasteiger partial charge is 0.148 e. The summed E-state index contributed by atoms with van der Waals surface area (Å²) >= 11 is 0. The van der Waals surface area contributed by atoms with E-state index in [2.05, 4.69) is 75.0 Å². The van der Waals surface area contributed by atoms with Crippen molar-refractivity contribution in [3.05, 3.63) is 108 Å². The van der Waals surface area contributed by atoms with Crippen LogP contribution in [-0.4, -0.2) is 19.4 Å². The normalized spacial score (nSPS) is 13.5. The Morgan fingerprint density at radius 3 is 2.40 bits per heavy atom. The third-order valence-corrected chi connectivity index (χ3v) is 8.00. The molecular weight excluding hydrogens is 428 g/mol. The number of pyridine rings is 3. The molecule has 0 N–H and O–H groups in total. The molecule has 0 spiro atoms. The minimum Gasteiger partial charge on any atom is -0.290 e. The van der Waals surface area contributed by atoms with Gasteiger partial charge in [-0.05, 0) is 80.6 Å². The third-order valence-electron chi connectivity index (χ3n) is 8.00. The summed E-state index contributed by atoms with van der Waals surface area (Å²) in [7, 11) is 0. The summed E-state index contributed by atoms with van der Waals surface area (Å²) < 4.78 is 2.27. The number of fused-ring (bicyclic) bond motifs is 15. The van der Waals surface area contributed by atoms with Crippen LogP contribution in [0.25, 0.3) is 60.6 Å². The van der Waals surface area contributed by atoms with E-state index in [1.165, 1.54) is 49.9 Å². The Morgan fingerprint density at radius 1 is 0.600 bits per heavy atom. The predicted molar refractivity (Wildman–Crippen MR) is 140 cm³/mol. The highest BCUT2D eigenvalue weighted by Gasteiger charge is 2.28. The maximum absolute atomic E-state index is 5.26. The lowest BCUT2D eigenvalue weighted by Crippen LogP contribution is -1.92. The number of nitrogens with zero attached hydrogens (tertiary/aromatic N) is 4. The topological polar surface area (TPSA) is 43.1 Å². The van der Waals surface area contributed by atoms with Crippen LogP contribution < -0.4 is 0 Å². The second-order valence-corrected chi connectivity index (χ2v) is 9.72. The van der Waals surface area contributed by atoms with Crippen LogP contribution in [-0.2, 0) is 12.8 Å². The first-order chi connectivity index (χ1) is 17.3. The molecule has 0 unspecified atom stereocenters. The standard InChI is InChI=1S/C31H18N4/c1-2-4-20-17(3-1)11-18-12-19-13-26-21(25(19)14-24(18)20)5-6-28-30(26)34-31-27-15-32-9-7-22(27)23-8-10-33-16-29(23)35(28)31/h1-10,12,14-16H,11,13H2. The minimum atomic E-state index is 0.919. The molecule has 0 atom stereocenters. The summed E-state index contributed by atoms with van der Waals surface area (Å²) in [5.74, 6) is 0. The van der Waals surface area contributed by atoms with Crippen LogP contribution in [0.4, 0.5) is 0 Å². The van der Waals surface area contributed by atoms with Gasteiger partial charge in [-0.2, -0.15) is 0 Å². The zero-order valence-electron chi connectivity index (χ0n) is 18.8. The minimum absolute atomic E-state index is 0.919. The van der Waals surface area contributed by atoms with Crippen LogP contribution in [0.3, 0.4) is 0 Å². The van der Waals surface area contributed by atoms with Crippen molar-refractivity contribution in [1.82, 2.24) is 19.4 Å². The molecule has 3 aromatic carbocycles. The first-order valence-corrected chi connectivity index (χ1v) is 12.0. The van der Waals surface area contributed by atoms with Gasteiger partial charge in [0.25, 0.3) is 0 Å². The van der Waals surface area contributed by atoms with Crippen molar-refractivity contribution >= 4 is 38.4 Å². The van der Waals surface area contributed by atoms with E-state index < -0.39 is 0 Å². The van der Waals surface area contributed by atoms with Gasteiger partial charge < -0.3 is 0 Å². The Balaban J connectivity index is 1.36. The Bertz CT molecular complexity index is 2070. The molecule has 2 aliphatic carbocycles. The molecule has 0 amide bonds. The fourth-order valence-electron chi connectivity index (χ4n) is 6.48. The Kier molecular flexibility index (Phi) is 3.11. The average molecular weight is 447 g/mol. The van der Waals surface area contributed by atoms with E-state index in [0.29, 0.717) is 0 Å². The van der Waals surface area contributed by atoms with Crippen LogP contribution in [0.5, 0.6) is 0 Å². The van der Waals surface area contributed by atoms with Gasteiger partial charge in [-0.25, -0.2) is 4.98 Å². The van der Waals surface area contributed by atoms with Gasteiger partial charge in [0, 0.05) is 35.8 Å². The number of hydrogen-bond acceptors (Lipinski definition) is 3. The van der Waals surface area contributed by atoms with Gasteiger partial charge in [0.2, 0.25) is 0 Å². The number of rotatable bonds is 0. The first kappa shape index (κ1) is 17.8. The second-order valence-electron chi connectivity index (χ2n) is 9.72. The highest BCUT2D eigenvalue weighted by Crippen LogP contribution is 2.46. The number of benzene rings is 3. The van der Waals surface area contributed by atoms with Crippen molar-refractivity contribution in [2.24, 2.45) is 0 Å². The fraction of sp³-hybridized carbons (Fsp3) is 0.0645. The summed E-state index contributed by atoms with van der Waals surface area (Å²) in [6.45, 7) is 0. The molecule has 0 bridgehead atoms. The van der Waals surface area contributed by atoms with Crippen molar-refractivity contribution in [3.63, 3.8) is 0 Å². The zero-order valence-corrected chi connectivity index (χ0v) is 18.8. The lowest BCUT2D eigenvalue weighted by molar-refractivity contribution is 1.22. The van der Waals surface area contributed by atoms with Crippen LogP contribution in [0.1, 0.15) is 22.3 Å². The molecule has 4 nitrogen and oxygen atoms in total. The summed E-state index contributed by atoms with van der Waals surface area (Å²) in [5, 5.41) is 3.40. The van der Waals surface area contributed by atoms with Crippen LogP contribution in [0.15, 0.2) is 85.5 Å². The molecule has 0 fully saturated rings. The fourth-order valence-corrected chi connectivity index (χ4v) is 6.48. The van der Waals surface area contributed by atoms with Crippen molar-refractivity contribution in [2.75, 3.05) is 0 Å². The van der Waals surface area contributed by atoms with E-state index in [0.717, 1.165) is 45.8 Å². The summed E-state index contributed by atoms with van der Waals surface area (Å²) in [6, 6.07) is 22.4. The highest BCUT2D eigenvalue weighted by atomic mass is 15.0. The molecule has 9 rings (SSSR count). The predicted octanol–water partition coefficient (Wildman–Crippen LogP) is 6.73. The van der Waals surface area contributed by atoms with E-state index in [9.17, 15) is 0 Å². The van der Waals surface area contributed by atoms with Crippen LogP contribution in [0, 0.1) is 0 Å². The third kappa shape index (κ3) is 2.15. The van der Waals surface area contributed by atoms with Crippen molar-refractivity contribution in [1.29, 1.82) is 0 Å². The molecule has 2 aliphatic rings. The zero-order chi connectivity index (χ0) is 22.7. The molecule has 0 saturated heterocycles. The molecule has 4 aromatic heterocycles. The van der Waals surface area contributed by atoms with E-state index in [1.807, 2.05) is 24.8 Å². The summed E-state index contributed by atoms with van der Waals surface area (Å²) in [4.78, 5) is 14.1. The molecule has 7 aromatic rings. The van der Waals surface area contributed by atoms with E-state index in [1.54, 1.807) is 0 Å². The van der Waals surface area contributed by atoms with Crippen molar-refractivity contribution in [2.45, 2.75) is 12.8 Å². The van der Waals surface area contributed by atoms with Gasteiger partial charge >= 0.3 is 0 Å². The molecule has 162 valence electrons. The number of hydrogen-bond donors (Lipinski definition) is 0. The number of aromatic nitrogens is 4. The monoisotopic (exact) mass is 446 g/mol. The molecule has 0 aliphatic heterocycles. The maximum atomic E-state index is 5.26. The molecule has 35 heavy (non-hydrogen) atoms. The van der Waals surface area contributed by atoms with Gasteiger partial charge in [-0.15, -0.1) is 0 Å². The largest absolute Gasteiger partial charge is 0.290 e. The Labute approximate surface area is 200 Å². The average Bonchev–Trinajstić information content (AvgIpc) is 3.58. The van der Waals surface area contributed by atoms with E-state index in [-0.39, 0.29) is 0 Å². The van der Waals surface area contributed by atoms with Gasteiger partial charge in [0.05, 0.1) is 22.7 Å². The summed E-state index contributed by atoms with van der Waals surface area (Å²) in [5.41, 5.74) is 15.3. The lowest BCUT2D eigenvalue weighted by Gasteiger charge is -2.08. The maximum Gasteiger partial charge on any atom is 0.148 e. The van der Waals surface area contributed by atoms with E-state index in [4.69, 9.17) is 4.98 Å². The molecule has 4 heterocycles. The molecular formula is C31H18N4. The van der Waals surface area contributed by atoms with Crippen molar-refractivity contribution < 1.29 is 0 Å². The molecule has 0 saturated carbocycles. The van der Waals surface area contributed by atoms with Gasteiger partial charge in [-0.3, -0.25) is 14.4 Å². The van der Waals surface area contributed by atoms with Gasteiger partial charge in [0.1, 0.15) is 5.65 Å². The highest BCUT2D eigenvalue weighted by molar-refractivity contribution is 6.13. The van der Waals surface area contributed by atoms with Gasteiger partial charge in [-0.1, -0.05) is 36.4 Å². The Morgan fingerprint density at radius 2 is 1.43 bits per heavy atom. The first-order valence-electron chi connectivity index (χ1n) is 12.0. The molecule has 0 radical (unpaired) electrons.